The Labute approximate surface area is 116 Å². The van der Waals surface area contributed by atoms with Crippen LogP contribution in [-0.2, 0) is 21.5 Å². The maximum absolute atomic E-state index is 12.0. The van der Waals surface area contributed by atoms with E-state index < -0.39 is 5.41 Å². The van der Waals surface area contributed by atoms with E-state index in [2.05, 4.69) is 4.98 Å². The number of ether oxygens (including phenoxy) is 1. The zero-order valence-electron chi connectivity index (χ0n) is 10.9. The van der Waals surface area contributed by atoms with Crippen LogP contribution in [0.2, 0.25) is 5.02 Å². The number of halogens is 1. The summed E-state index contributed by atoms with van der Waals surface area (Å²) in [5.41, 5.74) is 1.17. The Morgan fingerprint density at radius 1 is 1.53 bits per heavy atom. The first-order chi connectivity index (χ1) is 9.14. The summed E-state index contributed by atoms with van der Waals surface area (Å²) in [4.78, 5) is 16.6. The van der Waals surface area contributed by atoms with Crippen molar-refractivity contribution in [2.45, 2.75) is 31.7 Å². The van der Waals surface area contributed by atoms with Gasteiger partial charge in [-0.05, 0) is 31.9 Å². The average Bonchev–Trinajstić information content (AvgIpc) is 3.13. The number of imidazole rings is 1. The number of benzene rings is 1. The number of aromatic nitrogens is 2. The third-order valence-corrected chi connectivity index (χ3v) is 4.09. The molecule has 3 rings (SSSR count). The Balaban J connectivity index is 2.25. The zero-order valence-corrected chi connectivity index (χ0v) is 11.7. The smallest absolute Gasteiger partial charge is 0.319 e. The fourth-order valence-electron chi connectivity index (χ4n) is 2.65. The third kappa shape index (κ3) is 1.66. The Bertz CT molecular complexity index is 659. The molecule has 0 N–H and O–H groups in total. The van der Waals surface area contributed by atoms with Gasteiger partial charge in [-0.2, -0.15) is 0 Å². The molecule has 4 nitrogen and oxygen atoms in total. The van der Waals surface area contributed by atoms with E-state index in [1.807, 2.05) is 29.7 Å². The zero-order chi connectivity index (χ0) is 13.6. The number of fused-ring (bicyclic) bond motifs is 1. The van der Waals surface area contributed by atoms with Gasteiger partial charge < -0.3 is 9.30 Å². The lowest BCUT2D eigenvalue weighted by molar-refractivity contribution is -0.144. The molecular formula is C14H15ClN2O2. The Kier molecular flexibility index (Phi) is 2.78. The lowest BCUT2D eigenvalue weighted by Gasteiger charge is -2.14. The Hall–Kier alpha value is -1.55. The van der Waals surface area contributed by atoms with Crippen molar-refractivity contribution < 1.29 is 9.53 Å². The van der Waals surface area contributed by atoms with Gasteiger partial charge in [0.05, 0.1) is 23.2 Å². The molecule has 1 aliphatic rings. The number of nitrogens with zero attached hydrogens (tertiary/aromatic N) is 2. The number of methoxy groups -OCH3 is 1. The van der Waals surface area contributed by atoms with Crippen molar-refractivity contribution in [2.75, 3.05) is 7.11 Å². The maximum atomic E-state index is 12.0. The van der Waals surface area contributed by atoms with Gasteiger partial charge in [-0.25, -0.2) is 4.98 Å². The van der Waals surface area contributed by atoms with Gasteiger partial charge in [-0.1, -0.05) is 17.7 Å². The predicted molar refractivity (Wildman–Crippen MR) is 73.3 cm³/mol. The molecular weight excluding hydrogens is 264 g/mol. The quantitative estimate of drug-likeness (QED) is 0.811. The van der Waals surface area contributed by atoms with Crippen LogP contribution in [0.1, 0.15) is 25.6 Å². The molecule has 0 amide bonds. The molecule has 100 valence electrons. The van der Waals surface area contributed by atoms with Crippen LogP contribution < -0.4 is 0 Å². The summed E-state index contributed by atoms with van der Waals surface area (Å²) in [6, 6.07) is 5.64. The second kappa shape index (κ2) is 4.23. The van der Waals surface area contributed by atoms with Gasteiger partial charge in [-0.15, -0.1) is 0 Å². The monoisotopic (exact) mass is 278 g/mol. The molecule has 0 aliphatic heterocycles. The minimum absolute atomic E-state index is 0.200. The second-order valence-corrected chi connectivity index (χ2v) is 5.27. The number of hydrogen-bond acceptors (Lipinski definition) is 3. The van der Waals surface area contributed by atoms with Gasteiger partial charge in [0.15, 0.2) is 0 Å². The van der Waals surface area contributed by atoms with E-state index in [1.54, 1.807) is 0 Å². The lowest BCUT2D eigenvalue weighted by atomic mass is 10.1. The third-order valence-electron chi connectivity index (χ3n) is 3.79. The number of rotatable bonds is 3. The van der Waals surface area contributed by atoms with E-state index in [0.717, 1.165) is 36.2 Å². The first-order valence-corrected chi connectivity index (χ1v) is 6.75. The number of hydrogen-bond donors (Lipinski definition) is 0. The van der Waals surface area contributed by atoms with E-state index >= 15 is 0 Å². The highest BCUT2D eigenvalue weighted by Gasteiger charge is 2.56. The number of carbonyl (C=O) groups is 1. The molecule has 1 aromatic heterocycles. The molecule has 1 fully saturated rings. The molecule has 0 spiro atoms. The summed E-state index contributed by atoms with van der Waals surface area (Å²) >= 11 is 6.26. The van der Waals surface area contributed by atoms with Crippen molar-refractivity contribution in [3.05, 3.63) is 29.0 Å². The van der Waals surface area contributed by atoms with E-state index in [-0.39, 0.29) is 5.97 Å². The SMILES string of the molecule is CCn1c(C2(C(=O)OC)CC2)nc2cccc(Cl)c21. The Morgan fingerprint density at radius 3 is 2.84 bits per heavy atom. The lowest BCUT2D eigenvalue weighted by Crippen LogP contribution is -2.26. The van der Waals surface area contributed by atoms with Crippen molar-refractivity contribution in [3.8, 4) is 0 Å². The standard InChI is InChI=1S/C14H15ClN2O2/c1-3-17-11-9(15)5-4-6-10(11)16-12(17)14(7-8-14)13(18)19-2/h4-6H,3,7-8H2,1-2H3. The van der Waals surface area contributed by atoms with Crippen LogP contribution >= 0.6 is 11.6 Å². The van der Waals surface area contributed by atoms with Gasteiger partial charge in [-0.3, -0.25) is 4.79 Å². The molecule has 0 atom stereocenters. The highest BCUT2D eigenvalue weighted by Crippen LogP contribution is 2.49. The van der Waals surface area contributed by atoms with Gasteiger partial charge in [0.2, 0.25) is 0 Å². The molecule has 0 bridgehead atoms. The summed E-state index contributed by atoms with van der Waals surface area (Å²) in [5.74, 6) is 0.582. The summed E-state index contributed by atoms with van der Waals surface area (Å²) in [7, 11) is 1.42. The molecule has 0 saturated heterocycles. The molecule has 0 unspecified atom stereocenters. The molecule has 1 saturated carbocycles. The van der Waals surface area contributed by atoms with Crippen LogP contribution in [0.4, 0.5) is 0 Å². The molecule has 19 heavy (non-hydrogen) atoms. The second-order valence-electron chi connectivity index (χ2n) is 4.86. The summed E-state index contributed by atoms with van der Waals surface area (Å²) in [6.45, 7) is 2.76. The molecule has 1 aliphatic carbocycles. The number of aryl methyl sites for hydroxylation is 1. The van der Waals surface area contributed by atoms with Crippen LogP contribution in [0.25, 0.3) is 11.0 Å². The van der Waals surface area contributed by atoms with Gasteiger partial charge in [0.25, 0.3) is 0 Å². The van der Waals surface area contributed by atoms with E-state index in [1.165, 1.54) is 7.11 Å². The van der Waals surface area contributed by atoms with Crippen LogP contribution in [-0.4, -0.2) is 22.6 Å². The van der Waals surface area contributed by atoms with E-state index in [4.69, 9.17) is 16.3 Å². The first kappa shape index (κ1) is 12.5. The number of para-hydroxylation sites is 1. The van der Waals surface area contributed by atoms with E-state index in [9.17, 15) is 4.79 Å². The Morgan fingerprint density at radius 2 is 2.26 bits per heavy atom. The largest absolute Gasteiger partial charge is 0.468 e. The van der Waals surface area contributed by atoms with Crippen molar-refractivity contribution in [2.24, 2.45) is 0 Å². The van der Waals surface area contributed by atoms with Gasteiger partial charge in [0, 0.05) is 6.54 Å². The van der Waals surface area contributed by atoms with Crippen LogP contribution in [0.5, 0.6) is 0 Å². The fourth-order valence-corrected chi connectivity index (χ4v) is 2.93. The first-order valence-electron chi connectivity index (χ1n) is 6.37. The topological polar surface area (TPSA) is 44.1 Å². The minimum Gasteiger partial charge on any atom is -0.468 e. The molecule has 5 heteroatoms. The van der Waals surface area contributed by atoms with Crippen LogP contribution in [0, 0.1) is 0 Å². The molecule has 1 heterocycles. The fraction of sp³-hybridized carbons (Fsp3) is 0.429. The normalized spacial score (nSPS) is 16.6. The van der Waals surface area contributed by atoms with Gasteiger partial charge >= 0.3 is 5.97 Å². The van der Waals surface area contributed by atoms with Crippen LogP contribution in [0.15, 0.2) is 18.2 Å². The number of carbonyl (C=O) groups excluding carboxylic acids is 1. The summed E-state index contributed by atoms with van der Waals surface area (Å²) < 4.78 is 6.96. The highest BCUT2D eigenvalue weighted by atomic mass is 35.5. The maximum Gasteiger partial charge on any atom is 0.319 e. The minimum atomic E-state index is -0.562. The van der Waals surface area contributed by atoms with Crippen molar-refractivity contribution in [1.82, 2.24) is 9.55 Å². The van der Waals surface area contributed by atoms with Crippen molar-refractivity contribution in [3.63, 3.8) is 0 Å². The molecule has 2 aromatic rings. The van der Waals surface area contributed by atoms with Gasteiger partial charge in [0.1, 0.15) is 11.2 Å². The van der Waals surface area contributed by atoms with Crippen molar-refractivity contribution >= 4 is 28.6 Å². The molecule has 0 radical (unpaired) electrons. The van der Waals surface area contributed by atoms with Crippen molar-refractivity contribution in [1.29, 1.82) is 0 Å². The predicted octanol–water partition coefficient (Wildman–Crippen LogP) is 2.91. The average molecular weight is 279 g/mol. The van der Waals surface area contributed by atoms with E-state index in [0.29, 0.717) is 5.02 Å². The highest BCUT2D eigenvalue weighted by molar-refractivity contribution is 6.35. The van der Waals surface area contributed by atoms with Crippen LogP contribution in [0.3, 0.4) is 0 Å². The summed E-state index contributed by atoms with van der Waals surface area (Å²) in [5, 5.41) is 0.666. The summed E-state index contributed by atoms with van der Waals surface area (Å²) in [6.07, 6.45) is 1.58. The number of esters is 1. The molecule has 1 aromatic carbocycles.